The first-order valence-corrected chi connectivity index (χ1v) is 6.70. The summed E-state index contributed by atoms with van der Waals surface area (Å²) < 4.78 is 0. The molecular formula is C13H16Cl2N2O. The van der Waals surface area contributed by atoms with Crippen LogP contribution in [0.4, 0.5) is 5.69 Å². The molecule has 18 heavy (non-hydrogen) atoms. The standard InChI is InChI=1S/C13H16Cl2N2O/c1-8-6-10(15)11(7-9(8)14)17-12(18)13(2)4-3-5-16-13/h6-7,16H,3-5H2,1-2H3,(H,17,18). The average Bonchev–Trinajstić information content (AvgIpc) is 2.74. The number of carbonyl (C=O) groups excluding carboxylic acids is 1. The zero-order valence-electron chi connectivity index (χ0n) is 10.4. The van der Waals surface area contributed by atoms with Gasteiger partial charge in [0.2, 0.25) is 5.91 Å². The van der Waals surface area contributed by atoms with Gasteiger partial charge in [-0.3, -0.25) is 4.79 Å². The van der Waals surface area contributed by atoms with Crippen LogP contribution in [0, 0.1) is 6.92 Å². The fourth-order valence-electron chi connectivity index (χ4n) is 2.09. The molecule has 0 aliphatic carbocycles. The van der Waals surface area contributed by atoms with Crippen LogP contribution in [0.15, 0.2) is 12.1 Å². The van der Waals surface area contributed by atoms with E-state index < -0.39 is 5.54 Å². The SMILES string of the molecule is Cc1cc(Cl)c(NC(=O)C2(C)CCCN2)cc1Cl. The Morgan fingerprint density at radius 1 is 1.39 bits per heavy atom. The number of carbonyl (C=O) groups is 1. The minimum absolute atomic E-state index is 0.0678. The lowest BCUT2D eigenvalue weighted by molar-refractivity contribution is -0.121. The van der Waals surface area contributed by atoms with Crippen molar-refractivity contribution in [1.82, 2.24) is 5.32 Å². The van der Waals surface area contributed by atoms with Gasteiger partial charge in [-0.2, -0.15) is 0 Å². The number of amides is 1. The van der Waals surface area contributed by atoms with Gasteiger partial charge >= 0.3 is 0 Å². The normalized spacial score (nSPS) is 23.1. The molecule has 5 heteroatoms. The van der Waals surface area contributed by atoms with Crippen molar-refractivity contribution in [3.63, 3.8) is 0 Å². The molecule has 1 aromatic carbocycles. The first kappa shape index (κ1) is 13.7. The van der Waals surface area contributed by atoms with Crippen LogP contribution in [0.2, 0.25) is 10.0 Å². The molecule has 1 aromatic rings. The monoisotopic (exact) mass is 286 g/mol. The van der Waals surface area contributed by atoms with Gasteiger partial charge in [0.05, 0.1) is 16.2 Å². The van der Waals surface area contributed by atoms with Gasteiger partial charge in [0.15, 0.2) is 0 Å². The smallest absolute Gasteiger partial charge is 0.244 e. The van der Waals surface area contributed by atoms with Crippen molar-refractivity contribution in [1.29, 1.82) is 0 Å². The number of halogens is 2. The number of hydrogen-bond donors (Lipinski definition) is 2. The first-order valence-electron chi connectivity index (χ1n) is 5.94. The van der Waals surface area contributed by atoms with Crippen molar-refractivity contribution >= 4 is 34.8 Å². The Hall–Kier alpha value is -0.770. The van der Waals surface area contributed by atoms with Crippen LogP contribution in [0.25, 0.3) is 0 Å². The third-order valence-corrected chi connectivity index (χ3v) is 4.09. The van der Waals surface area contributed by atoms with Crippen molar-refractivity contribution < 1.29 is 4.79 Å². The molecule has 0 saturated carbocycles. The summed E-state index contributed by atoms with van der Waals surface area (Å²) in [6.07, 6.45) is 1.84. The van der Waals surface area contributed by atoms with Gasteiger partial charge in [-0.1, -0.05) is 23.2 Å². The Morgan fingerprint density at radius 3 is 2.72 bits per heavy atom. The molecule has 1 saturated heterocycles. The van der Waals surface area contributed by atoms with Crippen LogP contribution in [0.5, 0.6) is 0 Å². The summed E-state index contributed by atoms with van der Waals surface area (Å²) in [6.45, 7) is 4.64. The Balaban J connectivity index is 2.19. The van der Waals surface area contributed by atoms with Gasteiger partial charge in [-0.15, -0.1) is 0 Å². The third kappa shape index (κ3) is 2.63. The Morgan fingerprint density at radius 2 is 2.11 bits per heavy atom. The number of hydrogen-bond acceptors (Lipinski definition) is 2. The second-order valence-electron chi connectivity index (χ2n) is 4.90. The van der Waals surface area contributed by atoms with E-state index in [2.05, 4.69) is 10.6 Å². The molecule has 0 aromatic heterocycles. The van der Waals surface area contributed by atoms with Gasteiger partial charge in [0.1, 0.15) is 0 Å². The summed E-state index contributed by atoms with van der Waals surface area (Å²) in [5.74, 6) is -0.0678. The number of aryl methyl sites for hydroxylation is 1. The van der Waals surface area contributed by atoms with E-state index in [1.807, 2.05) is 13.8 Å². The quantitative estimate of drug-likeness (QED) is 0.875. The van der Waals surface area contributed by atoms with Crippen molar-refractivity contribution in [3.8, 4) is 0 Å². The fraction of sp³-hybridized carbons (Fsp3) is 0.462. The Labute approximate surface area is 117 Å². The summed E-state index contributed by atoms with van der Waals surface area (Å²) in [7, 11) is 0. The van der Waals surface area contributed by atoms with Crippen LogP contribution in [-0.4, -0.2) is 18.0 Å². The Bertz CT molecular complexity index is 482. The van der Waals surface area contributed by atoms with E-state index in [1.54, 1.807) is 12.1 Å². The lowest BCUT2D eigenvalue weighted by Crippen LogP contribution is -2.48. The molecular weight excluding hydrogens is 271 g/mol. The number of rotatable bonds is 2. The van der Waals surface area contributed by atoms with E-state index >= 15 is 0 Å². The molecule has 1 aliphatic heterocycles. The second-order valence-corrected chi connectivity index (χ2v) is 5.71. The highest BCUT2D eigenvalue weighted by molar-refractivity contribution is 6.36. The summed E-state index contributed by atoms with van der Waals surface area (Å²) in [5.41, 5.74) is 0.942. The van der Waals surface area contributed by atoms with E-state index in [9.17, 15) is 4.79 Å². The minimum Gasteiger partial charge on any atom is -0.323 e. The van der Waals surface area contributed by atoms with Gasteiger partial charge in [0, 0.05) is 5.02 Å². The maximum Gasteiger partial charge on any atom is 0.244 e. The lowest BCUT2D eigenvalue weighted by atomic mass is 9.99. The molecule has 1 atom stereocenters. The van der Waals surface area contributed by atoms with Gasteiger partial charge in [0.25, 0.3) is 0 Å². The highest BCUT2D eigenvalue weighted by Crippen LogP contribution is 2.30. The van der Waals surface area contributed by atoms with Crippen molar-refractivity contribution in [2.45, 2.75) is 32.2 Å². The Kier molecular flexibility index (Phi) is 3.85. The fourth-order valence-corrected chi connectivity index (χ4v) is 2.52. The third-order valence-electron chi connectivity index (χ3n) is 3.37. The van der Waals surface area contributed by atoms with Gasteiger partial charge in [-0.25, -0.2) is 0 Å². The summed E-state index contributed by atoms with van der Waals surface area (Å²) in [4.78, 5) is 12.2. The topological polar surface area (TPSA) is 41.1 Å². The van der Waals surface area contributed by atoms with Crippen LogP contribution in [-0.2, 0) is 4.79 Å². The van der Waals surface area contributed by atoms with Crippen LogP contribution >= 0.6 is 23.2 Å². The molecule has 1 aliphatic rings. The molecule has 98 valence electrons. The molecule has 1 amide bonds. The minimum atomic E-state index is -0.513. The molecule has 1 fully saturated rings. The largest absolute Gasteiger partial charge is 0.323 e. The zero-order chi connectivity index (χ0) is 13.3. The average molecular weight is 287 g/mol. The summed E-state index contributed by atoms with van der Waals surface area (Å²) >= 11 is 12.1. The molecule has 3 nitrogen and oxygen atoms in total. The van der Waals surface area contributed by atoms with Crippen molar-refractivity contribution in [2.75, 3.05) is 11.9 Å². The molecule has 1 heterocycles. The number of benzene rings is 1. The van der Waals surface area contributed by atoms with Crippen LogP contribution in [0.1, 0.15) is 25.3 Å². The summed E-state index contributed by atoms with van der Waals surface area (Å²) in [6, 6.07) is 3.44. The van der Waals surface area contributed by atoms with E-state index in [-0.39, 0.29) is 5.91 Å². The van der Waals surface area contributed by atoms with Crippen molar-refractivity contribution in [3.05, 3.63) is 27.7 Å². The van der Waals surface area contributed by atoms with Crippen LogP contribution < -0.4 is 10.6 Å². The zero-order valence-corrected chi connectivity index (χ0v) is 12.0. The molecule has 2 rings (SSSR count). The molecule has 0 radical (unpaired) electrons. The predicted molar refractivity (Wildman–Crippen MR) is 75.5 cm³/mol. The number of anilines is 1. The lowest BCUT2D eigenvalue weighted by Gasteiger charge is -2.23. The first-order chi connectivity index (χ1) is 8.42. The number of nitrogens with one attached hydrogen (secondary N) is 2. The van der Waals surface area contributed by atoms with E-state index in [0.29, 0.717) is 15.7 Å². The highest BCUT2D eigenvalue weighted by atomic mass is 35.5. The molecule has 0 bridgehead atoms. The summed E-state index contributed by atoms with van der Waals surface area (Å²) in [5, 5.41) is 7.16. The van der Waals surface area contributed by atoms with Crippen LogP contribution in [0.3, 0.4) is 0 Å². The van der Waals surface area contributed by atoms with E-state index in [0.717, 1.165) is 24.9 Å². The van der Waals surface area contributed by atoms with E-state index in [1.165, 1.54) is 0 Å². The highest BCUT2D eigenvalue weighted by Gasteiger charge is 2.36. The van der Waals surface area contributed by atoms with Gasteiger partial charge < -0.3 is 10.6 Å². The van der Waals surface area contributed by atoms with Gasteiger partial charge in [-0.05, 0) is 50.9 Å². The molecule has 0 spiro atoms. The molecule has 2 N–H and O–H groups in total. The second kappa shape index (κ2) is 5.08. The predicted octanol–water partition coefficient (Wildman–Crippen LogP) is 3.38. The maximum atomic E-state index is 12.2. The maximum absolute atomic E-state index is 12.2. The van der Waals surface area contributed by atoms with Crippen molar-refractivity contribution in [2.24, 2.45) is 0 Å². The molecule has 1 unspecified atom stereocenters. The van der Waals surface area contributed by atoms with E-state index in [4.69, 9.17) is 23.2 Å².